The van der Waals surface area contributed by atoms with Gasteiger partial charge in [-0.1, -0.05) is 6.08 Å². The molecule has 1 N–H and O–H groups in total. The van der Waals surface area contributed by atoms with Crippen molar-refractivity contribution in [3.63, 3.8) is 0 Å². The first-order chi connectivity index (χ1) is 3.68. The Bertz CT molecular complexity index is 103. The predicted molar refractivity (Wildman–Crippen MR) is 35.7 cm³/mol. The Balaban J connectivity index is 3.46. The number of carbonyl (C=O) groups excluding carboxylic acids is 1. The van der Waals surface area contributed by atoms with Crippen LogP contribution < -0.4 is 5.73 Å². The van der Waals surface area contributed by atoms with Gasteiger partial charge in [-0.3, -0.25) is 10.5 Å². The quantitative estimate of drug-likeness (QED) is 0.442. The highest BCUT2D eigenvalue weighted by atomic mass is 32.1. The lowest BCUT2D eigenvalue weighted by Crippen LogP contribution is -2.13. The number of allylic oxidation sites excluding steroid dienone is 1. The van der Waals surface area contributed by atoms with E-state index in [0.29, 0.717) is 6.42 Å². The van der Waals surface area contributed by atoms with E-state index in [0.717, 1.165) is 0 Å². The van der Waals surface area contributed by atoms with Gasteiger partial charge in [0, 0.05) is 0 Å². The van der Waals surface area contributed by atoms with E-state index in [1.807, 2.05) is 0 Å². The van der Waals surface area contributed by atoms with Crippen molar-refractivity contribution in [1.82, 2.24) is 5.73 Å². The molecule has 1 unspecified atom stereocenters. The largest absolute Gasteiger partial charge is 0.272 e. The maximum atomic E-state index is 10.1. The minimum Gasteiger partial charge on any atom is -0.272 e. The second kappa shape index (κ2) is 3.55. The summed E-state index contributed by atoms with van der Waals surface area (Å²) >= 11 is 3.80. The van der Waals surface area contributed by atoms with E-state index in [4.69, 9.17) is 5.73 Å². The normalized spacial score (nSPS) is 12.6. The van der Waals surface area contributed by atoms with Crippen molar-refractivity contribution < 1.29 is 4.79 Å². The van der Waals surface area contributed by atoms with Crippen LogP contribution in [0.4, 0.5) is 0 Å². The zero-order chi connectivity index (χ0) is 6.57. The zero-order valence-electron chi connectivity index (χ0n) is 4.42. The van der Waals surface area contributed by atoms with Crippen LogP contribution in [0.25, 0.3) is 0 Å². The molecule has 0 heterocycles. The van der Waals surface area contributed by atoms with Gasteiger partial charge in [0.1, 0.15) is 0 Å². The molecule has 0 fully saturated rings. The van der Waals surface area contributed by atoms with Crippen LogP contribution in [-0.4, -0.2) is 11.2 Å². The summed E-state index contributed by atoms with van der Waals surface area (Å²) in [4.78, 5) is 10.1. The fraction of sp³-hybridized carbons (Fsp3) is 0.400. The summed E-state index contributed by atoms with van der Waals surface area (Å²) in [6.07, 6.45) is 2.05. The SMILES string of the molecule is C=CCC(S)C([NH])=O. The van der Waals surface area contributed by atoms with E-state index in [9.17, 15) is 4.79 Å². The van der Waals surface area contributed by atoms with Crippen LogP contribution in [0.15, 0.2) is 12.7 Å². The number of carbonyl (C=O) groups is 1. The van der Waals surface area contributed by atoms with Gasteiger partial charge in [0.05, 0.1) is 5.25 Å². The average Bonchev–Trinajstić information content (AvgIpc) is 1.67. The molecule has 1 radical (unpaired) electrons. The first-order valence-electron chi connectivity index (χ1n) is 2.23. The van der Waals surface area contributed by atoms with Crippen LogP contribution in [0, 0.1) is 0 Å². The molecule has 1 amide bonds. The summed E-state index contributed by atoms with van der Waals surface area (Å²) < 4.78 is 0. The van der Waals surface area contributed by atoms with Gasteiger partial charge in [0.2, 0.25) is 0 Å². The summed E-state index contributed by atoms with van der Waals surface area (Å²) in [6, 6.07) is 0. The van der Waals surface area contributed by atoms with Crippen molar-refractivity contribution >= 4 is 18.5 Å². The van der Waals surface area contributed by atoms with Gasteiger partial charge in [0.25, 0.3) is 5.91 Å². The number of nitrogens with one attached hydrogen (secondary N) is 1. The Hall–Kier alpha value is -0.440. The summed E-state index contributed by atoms with van der Waals surface area (Å²) in [5.41, 5.74) is 6.52. The van der Waals surface area contributed by atoms with Crippen molar-refractivity contribution in [2.24, 2.45) is 0 Å². The lowest BCUT2D eigenvalue weighted by atomic mass is 10.3. The zero-order valence-corrected chi connectivity index (χ0v) is 5.32. The van der Waals surface area contributed by atoms with Gasteiger partial charge in [-0.05, 0) is 6.42 Å². The van der Waals surface area contributed by atoms with Gasteiger partial charge in [-0.25, -0.2) is 0 Å². The van der Waals surface area contributed by atoms with Crippen LogP contribution in [0.3, 0.4) is 0 Å². The Morgan fingerprint density at radius 2 is 2.50 bits per heavy atom. The summed E-state index contributed by atoms with van der Waals surface area (Å²) in [5.74, 6) is -0.645. The Morgan fingerprint density at radius 1 is 2.00 bits per heavy atom. The van der Waals surface area contributed by atoms with E-state index in [2.05, 4.69) is 19.2 Å². The lowest BCUT2D eigenvalue weighted by molar-refractivity contribution is -0.118. The topological polar surface area (TPSA) is 40.9 Å². The third kappa shape index (κ3) is 2.69. The second-order valence-electron chi connectivity index (χ2n) is 1.40. The fourth-order valence-electron chi connectivity index (χ4n) is 0.265. The van der Waals surface area contributed by atoms with Crippen LogP contribution in [0.5, 0.6) is 0 Å². The molecular weight excluding hydrogens is 122 g/mol. The first-order valence-corrected chi connectivity index (χ1v) is 2.74. The van der Waals surface area contributed by atoms with Crippen molar-refractivity contribution in [1.29, 1.82) is 0 Å². The van der Waals surface area contributed by atoms with Gasteiger partial charge in [-0.15, -0.1) is 6.58 Å². The molecule has 2 nitrogen and oxygen atoms in total. The second-order valence-corrected chi connectivity index (χ2v) is 2.03. The standard InChI is InChI=1S/C5H8NOS/c1-2-3-4(8)5(6)7/h2,4,6,8H,1,3H2. The van der Waals surface area contributed by atoms with Crippen LogP contribution in [-0.2, 0) is 4.79 Å². The summed E-state index contributed by atoms with van der Waals surface area (Å²) in [5, 5.41) is -0.479. The number of thiol groups is 1. The molecular formula is C5H8NOS. The average molecular weight is 130 g/mol. The molecule has 45 valence electrons. The number of amides is 1. The lowest BCUT2D eigenvalue weighted by Gasteiger charge is -1.97. The molecule has 3 heteroatoms. The molecule has 0 aliphatic rings. The van der Waals surface area contributed by atoms with E-state index >= 15 is 0 Å². The first kappa shape index (κ1) is 7.56. The smallest absolute Gasteiger partial charge is 0.251 e. The predicted octanol–water partition coefficient (Wildman–Crippen LogP) is 0.670. The molecule has 0 aliphatic carbocycles. The highest BCUT2D eigenvalue weighted by molar-refractivity contribution is 7.81. The minimum atomic E-state index is -0.645. The Morgan fingerprint density at radius 3 is 2.62 bits per heavy atom. The van der Waals surface area contributed by atoms with Crippen molar-refractivity contribution in [3.8, 4) is 0 Å². The molecule has 0 aromatic carbocycles. The molecule has 0 aromatic heterocycles. The highest BCUT2D eigenvalue weighted by Crippen LogP contribution is 1.99. The minimum absolute atomic E-state index is 0.478. The van der Waals surface area contributed by atoms with Crippen molar-refractivity contribution in [3.05, 3.63) is 12.7 Å². The van der Waals surface area contributed by atoms with Gasteiger partial charge >= 0.3 is 0 Å². The molecule has 0 aromatic rings. The highest BCUT2D eigenvalue weighted by Gasteiger charge is 2.05. The summed E-state index contributed by atoms with van der Waals surface area (Å²) in [7, 11) is 0. The van der Waals surface area contributed by atoms with E-state index < -0.39 is 11.2 Å². The molecule has 0 saturated heterocycles. The van der Waals surface area contributed by atoms with Crippen molar-refractivity contribution in [2.75, 3.05) is 0 Å². The van der Waals surface area contributed by atoms with E-state index in [-0.39, 0.29) is 0 Å². The molecule has 0 saturated carbocycles. The third-order valence-corrected chi connectivity index (χ3v) is 1.14. The number of rotatable bonds is 3. The third-order valence-electron chi connectivity index (χ3n) is 0.693. The maximum absolute atomic E-state index is 10.1. The maximum Gasteiger partial charge on any atom is 0.251 e. The van der Waals surface area contributed by atoms with Crippen molar-refractivity contribution in [2.45, 2.75) is 11.7 Å². The van der Waals surface area contributed by atoms with Crippen LogP contribution in [0.1, 0.15) is 6.42 Å². The van der Waals surface area contributed by atoms with E-state index in [1.54, 1.807) is 6.08 Å². The van der Waals surface area contributed by atoms with Gasteiger partial charge in [0.15, 0.2) is 0 Å². The Kier molecular flexibility index (Phi) is 3.35. The van der Waals surface area contributed by atoms with E-state index in [1.165, 1.54) is 0 Å². The summed E-state index contributed by atoms with van der Waals surface area (Å²) in [6.45, 7) is 3.40. The fourth-order valence-corrected chi connectivity index (χ4v) is 0.414. The van der Waals surface area contributed by atoms with Crippen LogP contribution >= 0.6 is 12.6 Å². The molecule has 0 spiro atoms. The monoisotopic (exact) mass is 130 g/mol. The van der Waals surface area contributed by atoms with Gasteiger partial charge < -0.3 is 0 Å². The number of hydrogen-bond acceptors (Lipinski definition) is 2. The molecule has 8 heavy (non-hydrogen) atoms. The number of hydrogen-bond donors (Lipinski definition) is 1. The molecule has 0 bridgehead atoms. The molecule has 0 aliphatic heterocycles. The molecule has 0 rings (SSSR count). The Labute approximate surface area is 54.2 Å². The molecule has 1 atom stereocenters. The van der Waals surface area contributed by atoms with Gasteiger partial charge in [-0.2, -0.15) is 12.6 Å². The van der Waals surface area contributed by atoms with Crippen LogP contribution in [0.2, 0.25) is 0 Å².